The summed E-state index contributed by atoms with van der Waals surface area (Å²) in [4.78, 5) is 6.15. The number of hydrogen-bond donors (Lipinski definition) is 1. The van der Waals surface area contributed by atoms with Crippen molar-refractivity contribution in [1.82, 2.24) is 9.88 Å². The van der Waals surface area contributed by atoms with Gasteiger partial charge in [0.05, 0.1) is 0 Å². The zero-order valence-corrected chi connectivity index (χ0v) is 8.49. The van der Waals surface area contributed by atoms with Crippen molar-refractivity contribution in [2.75, 3.05) is 26.0 Å². The van der Waals surface area contributed by atoms with E-state index < -0.39 is 0 Å². The van der Waals surface area contributed by atoms with E-state index in [1.165, 1.54) is 0 Å². The predicted octanol–water partition coefficient (Wildman–Crippen LogP) is 1.44. The maximum absolute atomic E-state index is 3.96. The zero-order chi connectivity index (χ0) is 9.68. The topological polar surface area (TPSA) is 28.2 Å². The zero-order valence-electron chi connectivity index (χ0n) is 8.49. The fourth-order valence-electron chi connectivity index (χ4n) is 0.918. The van der Waals surface area contributed by atoms with Gasteiger partial charge in [0.2, 0.25) is 0 Å². The summed E-state index contributed by atoms with van der Waals surface area (Å²) >= 11 is 0. The van der Waals surface area contributed by atoms with Gasteiger partial charge in [-0.15, -0.1) is 0 Å². The highest BCUT2D eigenvalue weighted by Crippen LogP contribution is 2.03. The quantitative estimate of drug-likeness (QED) is 0.758. The van der Waals surface area contributed by atoms with Crippen LogP contribution in [0.2, 0.25) is 0 Å². The van der Waals surface area contributed by atoms with Gasteiger partial charge in [-0.2, -0.15) is 0 Å². The van der Waals surface area contributed by atoms with Crippen LogP contribution < -0.4 is 5.32 Å². The number of pyridine rings is 1. The first-order valence-electron chi connectivity index (χ1n) is 4.50. The van der Waals surface area contributed by atoms with E-state index in [1.54, 1.807) is 12.4 Å². The number of anilines is 1. The van der Waals surface area contributed by atoms with E-state index in [9.17, 15) is 0 Å². The third-order valence-electron chi connectivity index (χ3n) is 2.16. The molecule has 0 bridgehead atoms. The van der Waals surface area contributed by atoms with Crippen LogP contribution in [0.1, 0.15) is 6.92 Å². The molecule has 0 aliphatic heterocycles. The molecule has 3 heteroatoms. The molecule has 1 aromatic rings. The summed E-state index contributed by atoms with van der Waals surface area (Å²) < 4.78 is 0. The second-order valence-corrected chi connectivity index (χ2v) is 3.43. The minimum atomic E-state index is 0.535. The largest absolute Gasteiger partial charge is 0.383 e. The molecule has 0 radical (unpaired) electrons. The van der Waals surface area contributed by atoms with Gasteiger partial charge >= 0.3 is 0 Å². The van der Waals surface area contributed by atoms with Gasteiger partial charge in [-0.25, -0.2) is 0 Å². The average Bonchev–Trinajstić information content (AvgIpc) is 2.15. The summed E-state index contributed by atoms with van der Waals surface area (Å²) in [7, 11) is 4.16. The van der Waals surface area contributed by atoms with Crippen LogP contribution >= 0.6 is 0 Å². The van der Waals surface area contributed by atoms with Crippen LogP contribution in [0.4, 0.5) is 5.69 Å². The maximum atomic E-state index is 3.96. The van der Waals surface area contributed by atoms with Crippen molar-refractivity contribution in [2.24, 2.45) is 0 Å². The van der Waals surface area contributed by atoms with Crippen LogP contribution in [0.5, 0.6) is 0 Å². The van der Waals surface area contributed by atoms with Crippen molar-refractivity contribution >= 4 is 5.69 Å². The number of aromatic nitrogens is 1. The van der Waals surface area contributed by atoms with Gasteiger partial charge < -0.3 is 10.2 Å². The first-order valence-corrected chi connectivity index (χ1v) is 4.50. The molecule has 0 amide bonds. The summed E-state index contributed by atoms with van der Waals surface area (Å²) in [6.07, 6.45) is 3.59. The molecule has 1 atom stereocenters. The molecule has 13 heavy (non-hydrogen) atoms. The van der Waals surface area contributed by atoms with E-state index in [0.717, 1.165) is 12.2 Å². The van der Waals surface area contributed by atoms with Crippen LogP contribution in [0.25, 0.3) is 0 Å². The Bertz CT molecular complexity index is 233. The lowest BCUT2D eigenvalue weighted by molar-refractivity contribution is 0.326. The van der Waals surface area contributed by atoms with Crippen molar-refractivity contribution in [3.63, 3.8) is 0 Å². The molecule has 0 spiro atoms. The number of likely N-dealkylation sites (N-methyl/N-ethyl adjacent to an activating group) is 1. The van der Waals surface area contributed by atoms with Gasteiger partial charge in [0.1, 0.15) is 0 Å². The van der Waals surface area contributed by atoms with Crippen molar-refractivity contribution in [3.8, 4) is 0 Å². The Kier molecular flexibility index (Phi) is 3.71. The van der Waals surface area contributed by atoms with Gasteiger partial charge in [-0.1, -0.05) is 0 Å². The molecule has 1 unspecified atom stereocenters. The van der Waals surface area contributed by atoms with Crippen LogP contribution in [-0.2, 0) is 0 Å². The standard InChI is InChI=1S/C10H17N3/c1-9(13(2)3)8-12-10-4-6-11-7-5-10/h4-7,9H,8H2,1-3H3,(H,11,12). The summed E-state index contributed by atoms with van der Waals surface area (Å²) in [5.41, 5.74) is 1.13. The normalized spacial score (nSPS) is 12.9. The molecule has 0 aromatic carbocycles. The highest BCUT2D eigenvalue weighted by atomic mass is 15.1. The molecule has 0 fully saturated rings. The van der Waals surface area contributed by atoms with E-state index >= 15 is 0 Å². The van der Waals surface area contributed by atoms with Gasteiger partial charge in [0, 0.05) is 30.7 Å². The summed E-state index contributed by atoms with van der Waals surface area (Å²) in [6, 6.07) is 4.48. The van der Waals surface area contributed by atoms with Crippen LogP contribution in [0, 0.1) is 0 Å². The third-order valence-corrected chi connectivity index (χ3v) is 2.16. The second kappa shape index (κ2) is 4.82. The first-order chi connectivity index (χ1) is 6.20. The monoisotopic (exact) mass is 179 g/mol. The Hall–Kier alpha value is -1.09. The van der Waals surface area contributed by atoms with Gasteiger partial charge in [0.15, 0.2) is 0 Å². The minimum absolute atomic E-state index is 0.535. The number of nitrogens with zero attached hydrogens (tertiary/aromatic N) is 2. The van der Waals surface area contributed by atoms with Crippen molar-refractivity contribution < 1.29 is 0 Å². The number of nitrogens with one attached hydrogen (secondary N) is 1. The van der Waals surface area contributed by atoms with Crippen molar-refractivity contribution in [1.29, 1.82) is 0 Å². The van der Waals surface area contributed by atoms with Gasteiger partial charge in [0.25, 0.3) is 0 Å². The highest BCUT2D eigenvalue weighted by molar-refractivity contribution is 5.40. The molecule has 1 heterocycles. The molecule has 0 aliphatic carbocycles. The average molecular weight is 179 g/mol. The lowest BCUT2D eigenvalue weighted by Gasteiger charge is -2.20. The second-order valence-electron chi connectivity index (χ2n) is 3.43. The third kappa shape index (κ3) is 3.42. The molecule has 1 aromatic heterocycles. The smallest absolute Gasteiger partial charge is 0.0371 e. The molecule has 0 saturated carbocycles. The van der Waals surface area contributed by atoms with Gasteiger partial charge in [-0.05, 0) is 33.2 Å². The Balaban J connectivity index is 2.35. The lowest BCUT2D eigenvalue weighted by Crippen LogP contribution is -2.31. The van der Waals surface area contributed by atoms with Gasteiger partial charge in [-0.3, -0.25) is 4.98 Å². The Morgan fingerprint density at radius 2 is 2.00 bits per heavy atom. The fourth-order valence-corrected chi connectivity index (χ4v) is 0.918. The molecular formula is C10H17N3. The summed E-state index contributed by atoms with van der Waals surface area (Å²) in [6.45, 7) is 3.14. The van der Waals surface area contributed by atoms with Crippen LogP contribution in [-0.4, -0.2) is 36.6 Å². The maximum Gasteiger partial charge on any atom is 0.0371 e. The van der Waals surface area contributed by atoms with Crippen LogP contribution in [0.15, 0.2) is 24.5 Å². The molecular weight excluding hydrogens is 162 g/mol. The summed E-state index contributed by atoms with van der Waals surface area (Å²) in [5.74, 6) is 0. The SMILES string of the molecule is CC(CNc1ccncc1)N(C)C. The molecule has 72 valence electrons. The van der Waals surface area contributed by atoms with Crippen LogP contribution in [0.3, 0.4) is 0 Å². The number of hydrogen-bond acceptors (Lipinski definition) is 3. The molecule has 3 nitrogen and oxygen atoms in total. The Morgan fingerprint density at radius 1 is 1.38 bits per heavy atom. The number of rotatable bonds is 4. The van der Waals surface area contributed by atoms with E-state index in [4.69, 9.17) is 0 Å². The Morgan fingerprint density at radius 3 is 2.54 bits per heavy atom. The van der Waals surface area contributed by atoms with E-state index in [2.05, 4.69) is 36.2 Å². The molecule has 0 aliphatic rings. The molecule has 0 saturated heterocycles. The van der Waals surface area contributed by atoms with E-state index in [-0.39, 0.29) is 0 Å². The summed E-state index contributed by atoms with van der Waals surface area (Å²) in [5, 5.41) is 3.34. The molecule has 1 N–H and O–H groups in total. The first kappa shape index (κ1) is 9.99. The lowest BCUT2D eigenvalue weighted by atomic mass is 10.3. The highest BCUT2D eigenvalue weighted by Gasteiger charge is 2.02. The predicted molar refractivity (Wildman–Crippen MR) is 55.9 cm³/mol. The minimum Gasteiger partial charge on any atom is -0.383 e. The van der Waals surface area contributed by atoms with Crippen molar-refractivity contribution in [3.05, 3.63) is 24.5 Å². The Labute approximate surface area is 79.8 Å². The molecule has 1 rings (SSSR count). The fraction of sp³-hybridized carbons (Fsp3) is 0.500. The van der Waals surface area contributed by atoms with Crippen molar-refractivity contribution in [2.45, 2.75) is 13.0 Å². The van der Waals surface area contributed by atoms with E-state index in [1.807, 2.05) is 12.1 Å². The van der Waals surface area contributed by atoms with E-state index in [0.29, 0.717) is 6.04 Å².